The maximum absolute atomic E-state index is 12.9. The Morgan fingerprint density at radius 1 is 0.969 bits per heavy atom. The first-order chi connectivity index (χ1) is 15.0. The maximum Gasteiger partial charge on any atom is 0.416 e. The lowest BCUT2D eigenvalue weighted by Crippen LogP contribution is -2.41. The van der Waals surface area contributed by atoms with E-state index in [-0.39, 0.29) is 24.2 Å². The highest BCUT2D eigenvalue weighted by molar-refractivity contribution is 5.77. The first kappa shape index (κ1) is 24.1. The predicted octanol–water partition coefficient (Wildman–Crippen LogP) is 5.50. The summed E-state index contributed by atoms with van der Waals surface area (Å²) in [5.74, 6) is -0.532. The molecule has 3 rings (SSSR count). The second-order valence-corrected chi connectivity index (χ2v) is 7.62. The maximum atomic E-state index is 12.9. The number of carbonyl (C=O) groups excluding carboxylic acids is 1. The van der Waals surface area contributed by atoms with Crippen molar-refractivity contribution in [3.63, 3.8) is 0 Å². The van der Waals surface area contributed by atoms with Gasteiger partial charge in [-0.2, -0.15) is 26.3 Å². The number of hydroxylamine groups is 1. The average molecular weight is 460 g/mol. The van der Waals surface area contributed by atoms with Gasteiger partial charge in [-0.15, -0.1) is 0 Å². The van der Waals surface area contributed by atoms with Crippen LogP contribution in [-0.4, -0.2) is 23.9 Å². The molecule has 0 bridgehead atoms. The molecule has 1 heterocycles. The average Bonchev–Trinajstić information content (AvgIpc) is 2.73. The van der Waals surface area contributed by atoms with Crippen molar-refractivity contribution in [1.29, 1.82) is 0 Å². The first-order valence-electron chi connectivity index (χ1n) is 10.0. The normalized spacial score (nSPS) is 17.9. The summed E-state index contributed by atoms with van der Waals surface area (Å²) in [5.41, 5.74) is -0.0247. The number of likely N-dealkylation sites (tertiary alicyclic amines) is 1. The van der Waals surface area contributed by atoms with Gasteiger partial charge in [0.15, 0.2) is 0 Å². The van der Waals surface area contributed by atoms with E-state index >= 15 is 0 Å². The highest BCUT2D eigenvalue weighted by Crippen LogP contribution is 2.36. The number of hydrogen-bond donors (Lipinski definition) is 1. The zero-order valence-corrected chi connectivity index (χ0v) is 17.0. The van der Waals surface area contributed by atoms with Crippen LogP contribution >= 0.6 is 0 Å². The zero-order chi connectivity index (χ0) is 23.4. The lowest BCUT2D eigenvalue weighted by molar-refractivity contribution is -0.144. The third kappa shape index (κ3) is 6.46. The van der Waals surface area contributed by atoms with Crippen molar-refractivity contribution in [2.75, 3.05) is 13.1 Å². The van der Waals surface area contributed by atoms with E-state index in [0.717, 1.165) is 24.8 Å². The number of nitrogens with zero attached hydrogens (tertiary/aromatic N) is 1. The Morgan fingerprint density at radius 2 is 1.59 bits per heavy atom. The van der Waals surface area contributed by atoms with Crippen molar-refractivity contribution in [2.45, 2.75) is 44.3 Å². The van der Waals surface area contributed by atoms with E-state index in [1.165, 1.54) is 0 Å². The Bertz CT molecular complexity index is 883. The SMILES string of the molecule is O=C(CN1CCCCC1c1ccccc1)NOCc1cc(C(F)(F)F)cc(C(F)(F)F)c1. The number of carbonyl (C=O) groups is 1. The number of hydrogen-bond acceptors (Lipinski definition) is 3. The highest BCUT2D eigenvalue weighted by atomic mass is 19.4. The molecule has 1 unspecified atom stereocenters. The molecule has 1 fully saturated rings. The predicted molar refractivity (Wildman–Crippen MR) is 104 cm³/mol. The van der Waals surface area contributed by atoms with Crippen molar-refractivity contribution >= 4 is 5.91 Å². The van der Waals surface area contributed by atoms with Gasteiger partial charge in [0.2, 0.25) is 0 Å². The van der Waals surface area contributed by atoms with Crippen LogP contribution < -0.4 is 5.48 Å². The highest BCUT2D eigenvalue weighted by Gasteiger charge is 2.37. The van der Waals surface area contributed by atoms with Crippen molar-refractivity contribution in [1.82, 2.24) is 10.4 Å². The van der Waals surface area contributed by atoms with Gasteiger partial charge in [-0.3, -0.25) is 14.5 Å². The number of halogens is 6. The summed E-state index contributed by atoms with van der Waals surface area (Å²) < 4.78 is 77.6. The van der Waals surface area contributed by atoms with Gasteiger partial charge in [-0.1, -0.05) is 36.8 Å². The third-order valence-corrected chi connectivity index (χ3v) is 5.22. The van der Waals surface area contributed by atoms with Crippen LogP contribution in [0.5, 0.6) is 0 Å². The molecule has 1 aliphatic rings. The number of alkyl halides is 6. The van der Waals surface area contributed by atoms with E-state index < -0.39 is 36.0 Å². The summed E-state index contributed by atoms with van der Waals surface area (Å²) in [7, 11) is 0. The molecule has 10 heteroatoms. The number of benzene rings is 2. The molecule has 0 radical (unpaired) electrons. The fraction of sp³-hybridized carbons (Fsp3) is 0.409. The summed E-state index contributed by atoms with van der Waals surface area (Å²) in [6.07, 6.45) is -7.07. The number of amides is 1. The van der Waals surface area contributed by atoms with E-state index in [1.807, 2.05) is 35.2 Å². The van der Waals surface area contributed by atoms with Crippen LogP contribution in [0.25, 0.3) is 0 Å². The monoisotopic (exact) mass is 460 g/mol. The Kier molecular flexibility index (Phi) is 7.45. The van der Waals surface area contributed by atoms with Gasteiger partial charge in [-0.05, 0) is 48.7 Å². The number of piperidine rings is 1. The minimum absolute atomic E-state index is 0.00402. The Hall–Kier alpha value is -2.59. The molecular weight excluding hydrogens is 438 g/mol. The third-order valence-electron chi connectivity index (χ3n) is 5.22. The Balaban J connectivity index is 1.60. The summed E-state index contributed by atoms with van der Waals surface area (Å²) in [6.45, 7) is 0.0480. The second-order valence-electron chi connectivity index (χ2n) is 7.62. The van der Waals surface area contributed by atoms with E-state index in [4.69, 9.17) is 4.84 Å². The molecular formula is C22H22F6N2O2. The fourth-order valence-corrected chi connectivity index (χ4v) is 3.75. The van der Waals surface area contributed by atoms with Crippen LogP contribution in [0.1, 0.15) is 47.6 Å². The van der Waals surface area contributed by atoms with Crippen molar-refractivity contribution < 1.29 is 36.0 Å². The van der Waals surface area contributed by atoms with Gasteiger partial charge >= 0.3 is 12.4 Å². The lowest BCUT2D eigenvalue weighted by atomic mass is 9.95. The van der Waals surface area contributed by atoms with Gasteiger partial charge < -0.3 is 0 Å². The molecule has 4 nitrogen and oxygen atoms in total. The zero-order valence-electron chi connectivity index (χ0n) is 17.0. The topological polar surface area (TPSA) is 41.6 Å². The lowest BCUT2D eigenvalue weighted by Gasteiger charge is -2.35. The fourth-order valence-electron chi connectivity index (χ4n) is 3.75. The Labute approximate surface area is 181 Å². The van der Waals surface area contributed by atoms with Crippen molar-refractivity contribution in [3.05, 3.63) is 70.8 Å². The van der Waals surface area contributed by atoms with Gasteiger partial charge in [0.1, 0.15) is 0 Å². The number of rotatable bonds is 6. The van der Waals surface area contributed by atoms with E-state index in [2.05, 4.69) is 5.48 Å². The van der Waals surface area contributed by atoms with Crippen LogP contribution in [0.3, 0.4) is 0 Å². The molecule has 1 N–H and O–H groups in total. The van der Waals surface area contributed by atoms with Gasteiger partial charge in [-0.25, -0.2) is 5.48 Å². The summed E-state index contributed by atoms with van der Waals surface area (Å²) in [6, 6.07) is 10.9. The van der Waals surface area contributed by atoms with Gasteiger partial charge in [0.05, 0.1) is 24.3 Å². The first-order valence-corrected chi connectivity index (χ1v) is 10.0. The van der Waals surface area contributed by atoms with E-state index in [1.54, 1.807) is 0 Å². The van der Waals surface area contributed by atoms with Crippen LogP contribution in [-0.2, 0) is 28.6 Å². The van der Waals surface area contributed by atoms with Crippen LogP contribution in [0.2, 0.25) is 0 Å². The Morgan fingerprint density at radius 3 is 2.19 bits per heavy atom. The van der Waals surface area contributed by atoms with Crippen LogP contribution in [0, 0.1) is 0 Å². The second kappa shape index (κ2) is 9.91. The number of nitrogens with one attached hydrogen (secondary N) is 1. The summed E-state index contributed by atoms with van der Waals surface area (Å²) in [5, 5.41) is 0. The minimum atomic E-state index is -4.94. The molecule has 2 aromatic carbocycles. The van der Waals surface area contributed by atoms with Gasteiger partial charge in [0, 0.05) is 6.04 Å². The molecule has 1 saturated heterocycles. The molecule has 1 aliphatic heterocycles. The molecule has 0 aromatic heterocycles. The van der Waals surface area contributed by atoms with E-state index in [9.17, 15) is 31.1 Å². The largest absolute Gasteiger partial charge is 0.416 e. The van der Waals surface area contributed by atoms with Crippen LogP contribution in [0.4, 0.5) is 26.3 Å². The van der Waals surface area contributed by atoms with E-state index in [0.29, 0.717) is 18.7 Å². The molecule has 32 heavy (non-hydrogen) atoms. The standard InChI is InChI=1S/C22H22F6N2O2/c23-21(24,25)17-10-15(11-18(12-17)22(26,27)28)14-32-29-20(31)13-30-9-5-4-8-19(30)16-6-2-1-3-7-16/h1-3,6-7,10-12,19H,4-5,8-9,13-14H2,(H,29,31). The quantitative estimate of drug-likeness (QED) is 0.457. The summed E-state index contributed by atoms with van der Waals surface area (Å²) >= 11 is 0. The smallest absolute Gasteiger partial charge is 0.287 e. The van der Waals surface area contributed by atoms with Crippen LogP contribution in [0.15, 0.2) is 48.5 Å². The molecule has 1 amide bonds. The molecule has 1 atom stereocenters. The minimum Gasteiger partial charge on any atom is -0.287 e. The van der Waals surface area contributed by atoms with Crippen molar-refractivity contribution in [2.24, 2.45) is 0 Å². The van der Waals surface area contributed by atoms with Crippen molar-refractivity contribution in [3.8, 4) is 0 Å². The van der Waals surface area contributed by atoms with Gasteiger partial charge in [0.25, 0.3) is 5.91 Å². The molecule has 2 aromatic rings. The molecule has 174 valence electrons. The summed E-state index contributed by atoms with van der Waals surface area (Å²) in [4.78, 5) is 19.2. The molecule has 0 aliphatic carbocycles. The molecule has 0 spiro atoms. The molecule has 0 saturated carbocycles.